The lowest BCUT2D eigenvalue weighted by molar-refractivity contribution is -0.144. The van der Waals surface area contributed by atoms with Crippen LogP contribution in [0.4, 0.5) is 0 Å². The molecule has 68 valence electrons. The number of aliphatic carboxylic acids is 1. The lowest BCUT2D eigenvalue weighted by Crippen LogP contribution is -2.34. The summed E-state index contributed by atoms with van der Waals surface area (Å²) in [6, 6.07) is -0.715. The summed E-state index contributed by atoms with van der Waals surface area (Å²) in [7, 11) is 1.51. The summed E-state index contributed by atoms with van der Waals surface area (Å²) in [4.78, 5) is 22.2. The summed E-state index contributed by atoms with van der Waals surface area (Å²) in [5.41, 5.74) is 0. The zero-order valence-electron chi connectivity index (χ0n) is 6.77. The first-order chi connectivity index (χ1) is 5.69. The van der Waals surface area contributed by atoms with Crippen LogP contribution in [-0.2, 0) is 14.3 Å². The van der Waals surface area contributed by atoms with Crippen LogP contribution in [0.1, 0.15) is 6.42 Å². The number of nitrogens with zero attached hydrogens (tertiary/aromatic N) is 1. The minimum absolute atomic E-state index is 0.142. The Hall–Kier alpha value is -1.10. The van der Waals surface area contributed by atoms with Crippen LogP contribution >= 0.6 is 0 Å². The summed E-state index contributed by atoms with van der Waals surface area (Å²) >= 11 is 0. The van der Waals surface area contributed by atoms with Gasteiger partial charge in [0.15, 0.2) is 0 Å². The molecule has 1 rings (SSSR count). The predicted molar refractivity (Wildman–Crippen MR) is 39.6 cm³/mol. The Balaban J connectivity index is 2.62. The van der Waals surface area contributed by atoms with Gasteiger partial charge in [0.05, 0.1) is 6.10 Å². The first kappa shape index (κ1) is 8.99. The normalized spacial score (nSPS) is 28.9. The lowest BCUT2D eigenvalue weighted by atomic mass is 10.2. The second kappa shape index (κ2) is 3.53. The zero-order valence-corrected chi connectivity index (χ0v) is 6.77. The van der Waals surface area contributed by atoms with E-state index in [2.05, 4.69) is 0 Å². The highest BCUT2D eigenvalue weighted by atomic mass is 16.5. The van der Waals surface area contributed by atoms with Crippen LogP contribution in [0.5, 0.6) is 0 Å². The van der Waals surface area contributed by atoms with Crippen molar-refractivity contribution in [3.63, 3.8) is 0 Å². The topological polar surface area (TPSA) is 66.8 Å². The van der Waals surface area contributed by atoms with Crippen LogP contribution in [0.2, 0.25) is 0 Å². The lowest BCUT2D eigenvalue weighted by Gasteiger charge is -2.13. The molecule has 1 aliphatic heterocycles. The first-order valence-corrected chi connectivity index (χ1v) is 3.65. The molecule has 12 heavy (non-hydrogen) atoms. The average molecular weight is 173 g/mol. The van der Waals surface area contributed by atoms with Gasteiger partial charge < -0.3 is 14.7 Å². The SMILES string of the molecule is COC1CC(C(=O)O)N(C=O)C1. The summed E-state index contributed by atoms with van der Waals surface area (Å²) in [6.45, 7) is 0.372. The van der Waals surface area contributed by atoms with Crippen molar-refractivity contribution in [2.45, 2.75) is 18.6 Å². The van der Waals surface area contributed by atoms with Crippen LogP contribution < -0.4 is 0 Å². The zero-order chi connectivity index (χ0) is 9.14. The van der Waals surface area contributed by atoms with Crippen molar-refractivity contribution in [3.8, 4) is 0 Å². The largest absolute Gasteiger partial charge is 0.480 e. The van der Waals surface area contributed by atoms with Gasteiger partial charge in [0.2, 0.25) is 6.41 Å². The van der Waals surface area contributed by atoms with E-state index < -0.39 is 12.0 Å². The molecule has 0 saturated carbocycles. The van der Waals surface area contributed by atoms with Gasteiger partial charge >= 0.3 is 5.97 Å². The molecule has 0 aromatic rings. The Kier molecular flexibility index (Phi) is 2.65. The molecular formula is C7H11NO4. The molecule has 1 amide bonds. The second-order valence-electron chi connectivity index (χ2n) is 2.75. The fraction of sp³-hybridized carbons (Fsp3) is 0.714. The molecule has 0 spiro atoms. The summed E-state index contributed by atoms with van der Waals surface area (Å²) in [5, 5.41) is 8.67. The fourth-order valence-corrected chi connectivity index (χ4v) is 1.35. The quantitative estimate of drug-likeness (QED) is 0.574. The predicted octanol–water partition coefficient (Wildman–Crippen LogP) is -0.683. The van der Waals surface area contributed by atoms with Crippen LogP contribution in [0, 0.1) is 0 Å². The summed E-state index contributed by atoms with van der Waals surface area (Å²) < 4.78 is 4.96. The minimum Gasteiger partial charge on any atom is -0.480 e. The molecule has 5 nitrogen and oxygen atoms in total. The van der Waals surface area contributed by atoms with Crippen molar-refractivity contribution < 1.29 is 19.4 Å². The molecule has 0 aliphatic carbocycles. The fourth-order valence-electron chi connectivity index (χ4n) is 1.35. The number of likely N-dealkylation sites (tertiary alicyclic amines) is 1. The van der Waals surface area contributed by atoms with E-state index in [0.717, 1.165) is 0 Å². The first-order valence-electron chi connectivity index (χ1n) is 3.65. The molecule has 0 bridgehead atoms. The molecular weight excluding hydrogens is 162 g/mol. The van der Waals surface area contributed by atoms with Gasteiger partial charge in [0.25, 0.3) is 0 Å². The Bertz CT molecular complexity index is 194. The van der Waals surface area contributed by atoms with Crippen molar-refractivity contribution in [2.24, 2.45) is 0 Å². The Morgan fingerprint density at radius 1 is 1.75 bits per heavy atom. The Morgan fingerprint density at radius 2 is 2.42 bits per heavy atom. The van der Waals surface area contributed by atoms with E-state index in [1.54, 1.807) is 0 Å². The van der Waals surface area contributed by atoms with Gasteiger partial charge in [0, 0.05) is 20.1 Å². The van der Waals surface area contributed by atoms with Crippen LogP contribution in [0.3, 0.4) is 0 Å². The molecule has 1 N–H and O–H groups in total. The van der Waals surface area contributed by atoms with Crippen molar-refractivity contribution in [3.05, 3.63) is 0 Å². The molecule has 0 aromatic carbocycles. The van der Waals surface area contributed by atoms with Gasteiger partial charge in [-0.2, -0.15) is 0 Å². The molecule has 1 fully saturated rings. The number of ether oxygens (including phenoxy) is 1. The van der Waals surface area contributed by atoms with E-state index in [1.165, 1.54) is 12.0 Å². The molecule has 0 radical (unpaired) electrons. The summed E-state index contributed by atoms with van der Waals surface area (Å²) in [6.07, 6.45) is 0.791. The number of carbonyl (C=O) groups is 2. The van der Waals surface area contributed by atoms with E-state index in [9.17, 15) is 9.59 Å². The number of hydrogen-bond donors (Lipinski definition) is 1. The highest BCUT2D eigenvalue weighted by molar-refractivity contribution is 5.77. The average Bonchev–Trinajstić information content (AvgIpc) is 2.47. The van der Waals surface area contributed by atoms with Gasteiger partial charge in [-0.25, -0.2) is 4.79 Å². The minimum atomic E-state index is -0.971. The maximum Gasteiger partial charge on any atom is 0.326 e. The van der Waals surface area contributed by atoms with Gasteiger partial charge in [-0.05, 0) is 0 Å². The van der Waals surface area contributed by atoms with Crippen LogP contribution in [-0.4, -0.2) is 48.2 Å². The molecule has 0 aromatic heterocycles. The Morgan fingerprint density at radius 3 is 2.75 bits per heavy atom. The number of carbonyl (C=O) groups excluding carboxylic acids is 1. The number of carboxylic acids is 1. The van der Waals surface area contributed by atoms with E-state index in [0.29, 0.717) is 19.4 Å². The number of rotatable bonds is 3. The third-order valence-corrected chi connectivity index (χ3v) is 2.05. The third-order valence-electron chi connectivity index (χ3n) is 2.05. The van der Waals surface area contributed by atoms with Crippen molar-refractivity contribution in [2.75, 3.05) is 13.7 Å². The van der Waals surface area contributed by atoms with E-state index in [-0.39, 0.29) is 6.10 Å². The smallest absolute Gasteiger partial charge is 0.326 e. The molecule has 1 heterocycles. The maximum atomic E-state index is 10.6. The molecule has 2 atom stereocenters. The molecule has 5 heteroatoms. The van der Waals surface area contributed by atoms with Gasteiger partial charge in [0.1, 0.15) is 6.04 Å². The monoisotopic (exact) mass is 173 g/mol. The third kappa shape index (κ3) is 1.55. The second-order valence-corrected chi connectivity index (χ2v) is 2.75. The van der Waals surface area contributed by atoms with Crippen molar-refractivity contribution in [1.29, 1.82) is 0 Å². The maximum absolute atomic E-state index is 10.6. The van der Waals surface area contributed by atoms with Gasteiger partial charge in [-0.3, -0.25) is 4.79 Å². The Labute approximate surface area is 69.9 Å². The highest BCUT2D eigenvalue weighted by Crippen LogP contribution is 2.17. The number of amides is 1. The molecule has 1 aliphatic rings. The van der Waals surface area contributed by atoms with E-state index in [1.807, 2.05) is 0 Å². The van der Waals surface area contributed by atoms with Crippen LogP contribution in [0.15, 0.2) is 0 Å². The summed E-state index contributed by atoms with van der Waals surface area (Å²) in [5.74, 6) is -0.971. The van der Waals surface area contributed by atoms with Crippen molar-refractivity contribution in [1.82, 2.24) is 4.90 Å². The number of carboxylic acid groups (broad SMARTS) is 1. The highest BCUT2D eigenvalue weighted by Gasteiger charge is 2.35. The van der Waals surface area contributed by atoms with Crippen LogP contribution in [0.25, 0.3) is 0 Å². The van der Waals surface area contributed by atoms with E-state index >= 15 is 0 Å². The molecule has 2 unspecified atom stereocenters. The number of methoxy groups -OCH3 is 1. The van der Waals surface area contributed by atoms with Crippen molar-refractivity contribution >= 4 is 12.4 Å². The number of hydrogen-bond acceptors (Lipinski definition) is 3. The van der Waals surface area contributed by atoms with Gasteiger partial charge in [-0.1, -0.05) is 0 Å². The standard InChI is InChI=1S/C7H11NO4/c1-12-5-2-6(7(10)11)8(3-5)4-9/h4-6H,2-3H2,1H3,(H,10,11). The molecule has 1 saturated heterocycles. The van der Waals surface area contributed by atoms with Gasteiger partial charge in [-0.15, -0.1) is 0 Å². The van der Waals surface area contributed by atoms with E-state index in [4.69, 9.17) is 9.84 Å².